The topological polar surface area (TPSA) is 175 Å². The van der Waals surface area contributed by atoms with Gasteiger partial charge in [0.2, 0.25) is 0 Å². The highest BCUT2D eigenvalue weighted by Gasteiger charge is 2.18. The smallest absolute Gasteiger partial charge is 0.410 e. The number of benzene rings is 2. The number of nitro benzene ring substituents is 1. The number of hydrogen-bond donors (Lipinski definition) is 3. The number of nitrogens with two attached hydrogens (primary N) is 1. The second-order valence-corrected chi connectivity index (χ2v) is 7.80. The van der Waals surface area contributed by atoms with E-state index in [2.05, 4.69) is 30.7 Å². The SMILES string of the molecule is Cc1nc(N)cc(-c2c(Nc3ccc(NC(=O)Oc4ccc([N+](=O)[O-])cc4)cc3)nc3cccnn23)n1. The van der Waals surface area contributed by atoms with Crippen molar-refractivity contribution in [2.75, 3.05) is 16.4 Å². The summed E-state index contributed by atoms with van der Waals surface area (Å²) >= 11 is 0. The van der Waals surface area contributed by atoms with Crippen molar-refractivity contribution in [3.05, 3.63) is 88.9 Å². The van der Waals surface area contributed by atoms with Gasteiger partial charge in [0.05, 0.1) is 10.6 Å². The van der Waals surface area contributed by atoms with Gasteiger partial charge >= 0.3 is 6.09 Å². The number of aromatic nitrogens is 5. The molecule has 5 rings (SSSR count). The van der Waals surface area contributed by atoms with Crippen LogP contribution in [0.2, 0.25) is 0 Å². The molecule has 0 aliphatic rings. The molecule has 4 N–H and O–H groups in total. The number of fused-ring (bicyclic) bond motifs is 1. The van der Waals surface area contributed by atoms with Crippen LogP contribution >= 0.6 is 0 Å². The Bertz CT molecular complexity index is 1600. The zero-order valence-corrected chi connectivity index (χ0v) is 19.3. The van der Waals surface area contributed by atoms with E-state index in [0.29, 0.717) is 45.9 Å². The zero-order chi connectivity index (χ0) is 25.9. The van der Waals surface area contributed by atoms with Crippen LogP contribution in [0.3, 0.4) is 0 Å². The number of nitrogens with zero attached hydrogens (tertiary/aromatic N) is 6. The Morgan fingerprint density at radius 2 is 1.76 bits per heavy atom. The summed E-state index contributed by atoms with van der Waals surface area (Å²) in [5, 5.41) is 21.0. The number of amides is 1. The van der Waals surface area contributed by atoms with Crippen molar-refractivity contribution in [2.24, 2.45) is 0 Å². The molecular formula is C24H19N9O4. The maximum Gasteiger partial charge on any atom is 0.417 e. The predicted molar refractivity (Wildman–Crippen MR) is 136 cm³/mol. The lowest BCUT2D eigenvalue weighted by Gasteiger charge is -2.10. The van der Waals surface area contributed by atoms with Crippen LogP contribution < -0.4 is 21.1 Å². The van der Waals surface area contributed by atoms with E-state index < -0.39 is 11.0 Å². The minimum absolute atomic E-state index is 0.0984. The lowest BCUT2D eigenvalue weighted by atomic mass is 10.2. The number of rotatable bonds is 6. The van der Waals surface area contributed by atoms with Crippen molar-refractivity contribution < 1.29 is 14.5 Å². The van der Waals surface area contributed by atoms with Gasteiger partial charge in [-0.05, 0) is 55.5 Å². The van der Waals surface area contributed by atoms with Crippen molar-refractivity contribution in [3.63, 3.8) is 0 Å². The van der Waals surface area contributed by atoms with E-state index in [-0.39, 0.29) is 11.4 Å². The molecule has 0 spiro atoms. The van der Waals surface area contributed by atoms with Crippen molar-refractivity contribution in [1.82, 2.24) is 24.6 Å². The van der Waals surface area contributed by atoms with E-state index in [9.17, 15) is 14.9 Å². The van der Waals surface area contributed by atoms with E-state index in [1.807, 2.05) is 6.07 Å². The first-order valence-corrected chi connectivity index (χ1v) is 10.9. The Balaban J connectivity index is 1.33. The molecule has 0 atom stereocenters. The zero-order valence-electron chi connectivity index (χ0n) is 19.3. The van der Waals surface area contributed by atoms with Crippen LogP contribution in [0, 0.1) is 17.0 Å². The quantitative estimate of drug-likeness (QED) is 0.226. The number of ether oxygens (including phenoxy) is 1. The maximum atomic E-state index is 12.2. The van der Waals surface area contributed by atoms with Crippen LogP contribution in [-0.2, 0) is 0 Å². The van der Waals surface area contributed by atoms with Gasteiger partial charge in [-0.3, -0.25) is 15.4 Å². The summed E-state index contributed by atoms with van der Waals surface area (Å²) in [7, 11) is 0. The third-order valence-corrected chi connectivity index (χ3v) is 5.15. The van der Waals surface area contributed by atoms with Gasteiger partial charge in [-0.15, -0.1) is 0 Å². The van der Waals surface area contributed by atoms with Crippen LogP contribution in [0.1, 0.15) is 5.82 Å². The summed E-state index contributed by atoms with van der Waals surface area (Å²) in [5.41, 5.74) is 8.80. The molecule has 3 aromatic heterocycles. The molecule has 1 amide bonds. The number of hydrogen-bond acceptors (Lipinski definition) is 10. The van der Waals surface area contributed by atoms with E-state index in [1.54, 1.807) is 54.0 Å². The molecule has 3 heterocycles. The molecule has 5 aromatic rings. The standard InChI is InChI=1S/C24H19N9O4/c1-14-27-19(13-20(25)28-14)22-23(31-21-3-2-12-26-32(21)22)29-15-4-6-16(7-5-15)30-24(34)37-18-10-8-17(9-11-18)33(35)36/h2-13,29H,1H3,(H,30,34)(H2,25,27,28). The van der Waals surface area contributed by atoms with Crippen LogP contribution in [0.15, 0.2) is 72.9 Å². The highest BCUT2D eigenvalue weighted by Crippen LogP contribution is 2.30. The van der Waals surface area contributed by atoms with E-state index >= 15 is 0 Å². The maximum absolute atomic E-state index is 12.2. The summed E-state index contributed by atoms with van der Waals surface area (Å²) in [6.45, 7) is 1.75. The number of nitro groups is 1. The Labute approximate surface area is 209 Å². The fraction of sp³-hybridized carbons (Fsp3) is 0.0417. The normalized spacial score (nSPS) is 10.7. The molecule has 184 valence electrons. The average molecular weight is 497 g/mol. The first-order chi connectivity index (χ1) is 17.9. The van der Waals surface area contributed by atoms with Gasteiger partial charge in [0.15, 0.2) is 11.5 Å². The van der Waals surface area contributed by atoms with Gasteiger partial charge < -0.3 is 15.8 Å². The fourth-order valence-electron chi connectivity index (χ4n) is 3.58. The summed E-state index contributed by atoms with van der Waals surface area (Å²) in [6.07, 6.45) is 0.912. The lowest BCUT2D eigenvalue weighted by Crippen LogP contribution is -2.16. The molecule has 0 saturated heterocycles. The summed E-state index contributed by atoms with van der Waals surface area (Å²) < 4.78 is 6.83. The van der Waals surface area contributed by atoms with E-state index in [1.165, 1.54) is 24.3 Å². The molecule has 0 aliphatic carbocycles. The number of nitrogens with one attached hydrogen (secondary N) is 2. The summed E-state index contributed by atoms with van der Waals surface area (Å²) in [5.74, 6) is 1.53. The molecule has 37 heavy (non-hydrogen) atoms. The lowest BCUT2D eigenvalue weighted by molar-refractivity contribution is -0.384. The highest BCUT2D eigenvalue weighted by atomic mass is 16.6. The minimum Gasteiger partial charge on any atom is -0.410 e. The number of nitrogen functional groups attached to an aromatic ring is 1. The number of non-ortho nitro benzene ring substituents is 1. The molecule has 13 nitrogen and oxygen atoms in total. The number of anilines is 4. The van der Waals surface area contributed by atoms with Crippen LogP contribution in [-0.4, -0.2) is 35.6 Å². The molecule has 0 bridgehead atoms. The molecule has 0 fully saturated rings. The molecule has 0 unspecified atom stereocenters. The van der Waals surface area contributed by atoms with Gasteiger partial charge in [0, 0.05) is 35.8 Å². The second kappa shape index (κ2) is 9.58. The van der Waals surface area contributed by atoms with Crippen molar-refractivity contribution in [1.29, 1.82) is 0 Å². The number of carbonyl (C=O) groups excluding carboxylic acids is 1. The Morgan fingerprint density at radius 3 is 2.46 bits per heavy atom. The molecule has 0 aliphatic heterocycles. The Hall–Kier alpha value is -5.59. The van der Waals surface area contributed by atoms with E-state index in [0.717, 1.165) is 0 Å². The first kappa shape index (κ1) is 23.2. The summed E-state index contributed by atoms with van der Waals surface area (Å²) in [6, 6.07) is 17.3. The Morgan fingerprint density at radius 1 is 1.03 bits per heavy atom. The molecule has 0 radical (unpaired) electrons. The Kier molecular flexibility index (Phi) is 6.00. The van der Waals surface area contributed by atoms with E-state index in [4.69, 9.17) is 10.5 Å². The van der Waals surface area contributed by atoms with Gasteiger partial charge in [-0.2, -0.15) is 5.10 Å². The second-order valence-electron chi connectivity index (χ2n) is 7.80. The van der Waals surface area contributed by atoms with Crippen LogP contribution in [0.25, 0.3) is 17.0 Å². The monoisotopic (exact) mass is 497 g/mol. The van der Waals surface area contributed by atoms with Gasteiger partial charge in [-0.1, -0.05) is 0 Å². The van der Waals surface area contributed by atoms with Gasteiger partial charge in [-0.25, -0.2) is 24.3 Å². The number of carbonyl (C=O) groups is 1. The molecule has 2 aromatic carbocycles. The van der Waals surface area contributed by atoms with Crippen molar-refractivity contribution in [2.45, 2.75) is 6.92 Å². The van der Waals surface area contributed by atoms with Gasteiger partial charge in [0.25, 0.3) is 5.69 Å². The summed E-state index contributed by atoms with van der Waals surface area (Å²) in [4.78, 5) is 35.7. The minimum atomic E-state index is -0.736. The predicted octanol–water partition coefficient (Wildman–Crippen LogP) is 4.34. The molecular weight excluding hydrogens is 478 g/mol. The third kappa shape index (κ3) is 5.09. The number of imidazole rings is 1. The molecule has 0 saturated carbocycles. The number of aryl methyl sites for hydroxylation is 1. The average Bonchev–Trinajstić information content (AvgIpc) is 3.23. The van der Waals surface area contributed by atoms with Crippen molar-refractivity contribution in [3.8, 4) is 17.1 Å². The van der Waals surface area contributed by atoms with Crippen LogP contribution in [0.5, 0.6) is 5.75 Å². The molecule has 13 heteroatoms. The fourth-order valence-corrected chi connectivity index (χ4v) is 3.58. The largest absolute Gasteiger partial charge is 0.417 e. The third-order valence-electron chi connectivity index (χ3n) is 5.15. The van der Waals surface area contributed by atoms with Crippen LogP contribution in [0.4, 0.5) is 33.5 Å². The highest BCUT2D eigenvalue weighted by molar-refractivity contribution is 5.87. The van der Waals surface area contributed by atoms with Gasteiger partial charge in [0.1, 0.15) is 23.1 Å². The van der Waals surface area contributed by atoms with Crippen molar-refractivity contribution >= 4 is 40.4 Å². The first-order valence-electron chi connectivity index (χ1n) is 10.9.